The summed E-state index contributed by atoms with van der Waals surface area (Å²) in [5, 5.41) is 11.6. The lowest BCUT2D eigenvalue weighted by molar-refractivity contribution is -0.119. The number of rotatable bonds is 3. The number of amides is 1. The van der Waals surface area contributed by atoms with Crippen LogP contribution in [0.4, 0.5) is 5.69 Å². The van der Waals surface area contributed by atoms with Crippen LogP contribution in [0.1, 0.15) is 31.1 Å². The number of aromatic carboxylic acids is 1. The molecule has 0 saturated heterocycles. The van der Waals surface area contributed by atoms with Crippen molar-refractivity contribution in [3.8, 4) is 0 Å². The van der Waals surface area contributed by atoms with Gasteiger partial charge in [-0.25, -0.2) is 4.79 Å². The van der Waals surface area contributed by atoms with Crippen molar-refractivity contribution in [3.05, 3.63) is 28.2 Å². The maximum Gasteiger partial charge on any atom is 0.337 e. The second kappa shape index (κ2) is 5.71. The number of carboxylic acids is 1. The van der Waals surface area contributed by atoms with Gasteiger partial charge < -0.3 is 16.2 Å². The van der Waals surface area contributed by atoms with Crippen molar-refractivity contribution >= 4 is 33.5 Å². The predicted molar refractivity (Wildman–Crippen MR) is 77.2 cm³/mol. The lowest BCUT2D eigenvalue weighted by Crippen LogP contribution is -2.45. The summed E-state index contributed by atoms with van der Waals surface area (Å²) in [6.07, 6.45) is 0. The van der Waals surface area contributed by atoms with Crippen LogP contribution >= 0.6 is 15.9 Å². The third-order valence-electron chi connectivity index (χ3n) is 2.69. The molecule has 4 N–H and O–H groups in total. The molecule has 0 heterocycles. The summed E-state index contributed by atoms with van der Waals surface area (Å²) < 4.78 is 0.678. The van der Waals surface area contributed by atoms with E-state index in [9.17, 15) is 9.59 Å². The fraction of sp³-hybridized carbons (Fsp3) is 0.385. The molecule has 0 saturated carbocycles. The van der Waals surface area contributed by atoms with Crippen molar-refractivity contribution in [2.45, 2.75) is 26.8 Å². The summed E-state index contributed by atoms with van der Waals surface area (Å²) in [7, 11) is 0. The number of hydrogen-bond donors (Lipinski definition) is 3. The van der Waals surface area contributed by atoms with E-state index in [1.807, 2.05) is 20.8 Å². The molecule has 0 aliphatic rings. The van der Waals surface area contributed by atoms with Crippen LogP contribution in [0.2, 0.25) is 0 Å². The van der Waals surface area contributed by atoms with Gasteiger partial charge in [-0.1, -0.05) is 36.7 Å². The fourth-order valence-corrected chi connectivity index (χ4v) is 1.77. The molecule has 0 aliphatic carbocycles. The van der Waals surface area contributed by atoms with Gasteiger partial charge in [0.1, 0.15) is 0 Å². The molecule has 1 atom stereocenters. The van der Waals surface area contributed by atoms with Gasteiger partial charge in [-0.05, 0) is 23.6 Å². The highest BCUT2D eigenvalue weighted by Gasteiger charge is 2.28. The summed E-state index contributed by atoms with van der Waals surface area (Å²) in [5.41, 5.74) is 5.69. The summed E-state index contributed by atoms with van der Waals surface area (Å²) >= 11 is 3.24. The molecule has 1 aromatic rings. The second-order valence-electron chi connectivity index (χ2n) is 5.33. The van der Waals surface area contributed by atoms with Crippen molar-refractivity contribution in [3.63, 3.8) is 0 Å². The molecule has 1 aromatic carbocycles. The zero-order valence-electron chi connectivity index (χ0n) is 11.0. The molecule has 0 aromatic heterocycles. The number of anilines is 1. The van der Waals surface area contributed by atoms with Crippen molar-refractivity contribution in [1.82, 2.24) is 0 Å². The maximum absolute atomic E-state index is 12.0. The zero-order chi connectivity index (χ0) is 14.8. The van der Waals surface area contributed by atoms with Gasteiger partial charge in [-0.2, -0.15) is 0 Å². The Bertz CT molecular complexity index is 509. The Balaban J connectivity index is 3.02. The number of hydrogen-bond acceptors (Lipinski definition) is 3. The normalized spacial score (nSPS) is 12.9. The molecule has 0 spiro atoms. The largest absolute Gasteiger partial charge is 0.478 e. The number of halogens is 1. The lowest BCUT2D eigenvalue weighted by Gasteiger charge is -2.26. The molecule has 5 nitrogen and oxygen atoms in total. The Hall–Kier alpha value is -1.40. The number of nitrogens with one attached hydrogen (secondary N) is 1. The van der Waals surface area contributed by atoms with Crippen LogP contribution in [-0.2, 0) is 4.79 Å². The van der Waals surface area contributed by atoms with E-state index in [4.69, 9.17) is 10.8 Å². The quantitative estimate of drug-likeness (QED) is 0.794. The molecule has 6 heteroatoms. The number of benzene rings is 1. The smallest absolute Gasteiger partial charge is 0.337 e. The van der Waals surface area contributed by atoms with E-state index in [2.05, 4.69) is 21.2 Å². The number of carbonyl (C=O) groups is 2. The van der Waals surface area contributed by atoms with Gasteiger partial charge in [-0.15, -0.1) is 0 Å². The topological polar surface area (TPSA) is 92.4 Å². The first kappa shape index (κ1) is 15.7. The van der Waals surface area contributed by atoms with Gasteiger partial charge in [0.05, 0.1) is 17.3 Å². The van der Waals surface area contributed by atoms with Crippen LogP contribution in [0.15, 0.2) is 22.7 Å². The van der Waals surface area contributed by atoms with Gasteiger partial charge >= 0.3 is 5.97 Å². The summed E-state index contributed by atoms with van der Waals surface area (Å²) in [6.45, 7) is 5.53. The Morgan fingerprint density at radius 3 is 2.42 bits per heavy atom. The molecule has 104 valence electrons. The van der Waals surface area contributed by atoms with Gasteiger partial charge in [0, 0.05) is 4.47 Å². The van der Waals surface area contributed by atoms with Gasteiger partial charge in [0.15, 0.2) is 0 Å². The maximum atomic E-state index is 12.0. The van der Waals surface area contributed by atoms with Gasteiger partial charge in [0.2, 0.25) is 5.91 Å². The molecule has 1 amide bonds. The molecule has 0 bridgehead atoms. The Morgan fingerprint density at radius 1 is 1.37 bits per heavy atom. The highest BCUT2D eigenvalue weighted by molar-refractivity contribution is 9.10. The van der Waals surface area contributed by atoms with Crippen molar-refractivity contribution < 1.29 is 14.7 Å². The van der Waals surface area contributed by atoms with E-state index in [-0.39, 0.29) is 11.3 Å². The van der Waals surface area contributed by atoms with E-state index in [0.717, 1.165) is 0 Å². The van der Waals surface area contributed by atoms with Crippen molar-refractivity contribution in [1.29, 1.82) is 0 Å². The molecular formula is C13H17BrN2O3. The monoisotopic (exact) mass is 328 g/mol. The molecule has 0 unspecified atom stereocenters. The average molecular weight is 329 g/mol. The third kappa shape index (κ3) is 4.04. The average Bonchev–Trinajstić information content (AvgIpc) is 2.26. The first-order valence-electron chi connectivity index (χ1n) is 5.72. The minimum absolute atomic E-state index is 0.0256. The standard InChI is InChI=1S/C13H17BrN2O3/c1-13(2,3)10(15)11(17)16-9-6-7(14)4-5-8(9)12(18)19/h4-6,10H,15H2,1-3H3,(H,16,17)(H,18,19)/t10-/m0/s1. The fourth-order valence-electron chi connectivity index (χ4n) is 1.41. The Kier molecular flexibility index (Phi) is 4.70. The highest BCUT2D eigenvalue weighted by Crippen LogP contribution is 2.24. The van der Waals surface area contributed by atoms with Crippen LogP contribution in [0.5, 0.6) is 0 Å². The Labute approximate surface area is 120 Å². The first-order valence-corrected chi connectivity index (χ1v) is 6.51. The van der Waals surface area contributed by atoms with Crippen molar-refractivity contribution in [2.75, 3.05) is 5.32 Å². The highest BCUT2D eigenvalue weighted by atomic mass is 79.9. The molecule has 1 rings (SSSR count). The summed E-state index contributed by atoms with van der Waals surface area (Å²) in [4.78, 5) is 23.1. The first-order chi connectivity index (χ1) is 8.62. The van der Waals surface area contributed by atoms with Gasteiger partial charge in [-0.3, -0.25) is 4.79 Å². The van der Waals surface area contributed by atoms with Crippen molar-refractivity contribution in [2.24, 2.45) is 11.1 Å². The van der Waals surface area contributed by atoms with Crippen LogP contribution in [0.3, 0.4) is 0 Å². The predicted octanol–water partition coefficient (Wildman–Crippen LogP) is 2.46. The SMILES string of the molecule is CC(C)(C)[C@@H](N)C(=O)Nc1cc(Br)ccc1C(=O)O. The molecule has 0 aliphatic heterocycles. The molecular weight excluding hydrogens is 312 g/mol. The molecule has 19 heavy (non-hydrogen) atoms. The zero-order valence-corrected chi connectivity index (χ0v) is 12.6. The lowest BCUT2D eigenvalue weighted by atomic mass is 9.87. The molecule has 0 radical (unpaired) electrons. The van der Waals surface area contributed by atoms with Crippen LogP contribution < -0.4 is 11.1 Å². The third-order valence-corrected chi connectivity index (χ3v) is 3.18. The number of carbonyl (C=O) groups excluding carboxylic acids is 1. The molecule has 0 fully saturated rings. The minimum atomic E-state index is -1.10. The van der Waals surface area contributed by atoms with Crippen LogP contribution in [0.25, 0.3) is 0 Å². The number of nitrogens with two attached hydrogens (primary N) is 1. The number of carboxylic acid groups (broad SMARTS) is 1. The van der Waals surface area contributed by atoms with E-state index in [1.165, 1.54) is 12.1 Å². The van der Waals surface area contributed by atoms with E-state index >= 15 is 0 Å². The van der Waals surface area contributed by atoms with E-state index < -0.39 is 23.3 Å². The van der Waals surface area contributed by atoms with Gasteiger partial charge in [0.25, 0.3) is 0 Å². The summed E-state index contributed by atoms with van der Waals surface area (Å²) in [5.74, 6) is -1.51. The van der Waals surface area contributed by atoms with E-state index in [1.54, 1.807) is 6.07 Å². The van der Waals surface area contributed by atoms with Crippen LogP contribution in [-0.4, -0.2) is 23.0 Å². The summed E-state index contributed by atoms with van der Waals surface area (Å²) in [6, 6.07) is 3.83. The van der Waals surface area contributed by atoms with Crippen LogP contribution in [0, 0.1) is 5.41 Å². The second-order valence-corrected chi connectivity index (χ2v) is 6.24. The minimum Gasteiger partial charge on any atom is -0.478 e. The Morgan fingerprint density at radius 2 is 1.95 bits per heavy atom. The van der Waals surface area contributed by atoms with E-state index in [0.29, 0.717) is 4.47 Å².